The van der Waals surface area contributed by atoms with Crippen LogP contribution in [0.25, 0.3) is 0 Å². The van der Waals surface area contributed by atoms with Crippen molar-refractivity contribution in [1.82, 2.24) is 15.3 Å². The lowest BCUT2D eigenvalue weighted by molar-refractivity contribution is -0.116. The minimum atomic E-state index is -0.0190. The summed E-state index contributed by atoms with van der Waals surface area (Å²) in [7, 11) is 0. The molecule has 0 spiro atoms. The summed E-state index contributed by atoms with van der Waals surface area (Å²) in [5.41, 5.74) is 1.01. The number of imidazole rings is 1. The Balaban J connectivity index is 2.12. The quantitative estimate of drug-likeness (QED) is 0.566. The topological polar surface area (TPSA) is 57.8 Å². The van der Waals surface area contributed by atoms with E-state index in [4.69, 9.17) is 0 Å². The molecular formula is C11H17N3O. The number of allylic oxidation sites excluding steroid dienone is 1. The lowest BCUT2D eigenvalue weighted by Gasteiger charge is -2.01. The molecule has 0 aliphatic carbocycles. The predicted octanol–water partition coefficient (Wildman–Crippen LogP) is 1.42. The Morgan fingerprint density at radius 1 is 1.60 bits per heavy atom. The maximum Gasteiger partial charge on any atom is 0.243 e. The van der Waals surface area contributed by atoms with Crippen LogP contribution in [0.2, 0.25) is 0 Å². The van der Waals surface area contributed by atoms with Crippen LogP contribution in [0.3, 0.4) is 0 Å². The number of nitrogens with zero attached hydrogens (tertiary/aromatic N) is 1. The summed E-state index contributed by atoms with van der Waals surface area (Å²) >= 11 is 0. The average molecular weight is 207 g/mol. The number of rotatable bonds is 5. The zero-order valence-corrected chi connectivity index (χ0v) is 9.21. The van der Waals surface area contributed by atoms with Crippen molar-refractivity contribution >= 4 is 5.91 Å². The fourth-order valence-corrected chi connectivity index (χ4v) is 1.22. The van der Waals surface area contributed by atoms with Crippen molar-refractivity contribution in [3.63, 3.8) is 0 Å². The smallest absolute Gasteiger partial charge is 0.243 e. The van der Waals surface area contributed by atoms with E-state index in [9.17, 15) is 4.79 Å². The van der Waals surface area contributed by atoms with Crippen LogP contribution in [0.4, 0.5) is 0 Å². The molecule has 1 heterocycles. The molecule has 1 rings (SSSR count). The van der Waals surface area contributed by atoms with Gasteiger partial charge in [0.1, 0.15) is 5.82 Å². The Labute approximate surface area is 89.8 Å². The van der Waals surface area contributed by atoms with Gasteiger partial charge in [-0.15, -0.1) is 0 Å². The van der Waals surface area contributed by atoms with E-state index < -0.39 is 0 Å². The van der Waals surface area contributed by atoms with Gasteiger partial charge in [-0.25, -0.2) is 4.98 Å². The number of aromatic nitrogens is 2. The number of aromatic amines is 1. The van der Waals surface area contributed by atoms with Crippen molar-refractivity contribution in [1.29, 1.82) is 0 Å². The number of hydrogen-bond donors (Lipinski definition) is 2. The molecule has 0 saturated heterocycles. The number of H-pyrrole nitrogens is 1. The monoisotopic (exact) mass is 207 g/mol. The zero-order valence-electron chi connectivity index (χ0n) is 9.21. The Morgan fingerprint density at radius 3 is 3.00 bits per heavy atom. The molecule has 0 aliphatic rings. The summed E-state index contributed by atoms with van der Waals surface area (Å²) in [4.78, 5) is 18.3. The summed E-state index contributed by atoms with van der Waals surface area (Å²) in [6, 6.07) is 0. The van der Waals surface area contributed by atoms with Crippen molar-refractivity contribution in [3.8, 4) is 0 Å². The molecule has 1 aromatic heterocycles. The number of carbonyl (C=O) groups excluding carboxylic acids is 1. The SMILES string of the molecule is CC(C)=CC(=O)NCCCc1ncc[nH]1. The van der Waals surface area contributed by atoms with E-state index in [1.54, 1.807) is 18.5 Å². The molecule has 4 nitrogen and oxygen atoms in total. The maximum absolute atomic E-state index is 11.2. The molecular weight excluding hydrogens is 190 g/mol. The molecule has 0 aromatic carbocycles. The first kappa shape index (κ1) is 11.5. The molecule has 0 unspecified atom stereocenters. The lowest BCUT2D eigenvalue weighted by atomic mass is 10.3. The van der Waals surface area contributed by atoms with Crippen LogP contribution in [-0.2, 0) is 11.2 Å². The van der Waals surface area contributed by atoms with Gasteiger partial charge in [-0.3, -0.25) is 4.79 Å². The normalized spacial score (nSPS) is 9.73. The van der Waals surface area contributed by atoms with Gasteiger partial charge in [0.05, 0.1) is 0 Å². The van der Waals surface area contributed by atoms with E-state index in [1.165, 1.54) is 0 Å². The van der Waals surface area contributed by atoms with E-state index in [-0.39, 0.29) is 5.91 Å². The third kappa shape index (κ3) is 5.00. The second-order valence-corrected chi connectivity index (χ2v) is 3.65. The second-order valence-electron chi connectivity index (χ2n) is 3.65. The minimum Gasteiger partial charge on any atom is -0.353 e. The highest BCUT2D eigenvalue weighted by molar-refractivity contribution is 5.87. The summed E-state index contributed by atoms with van der Waals surface area (Å²) in [6.45, 7) is 4.49. The average Bonchev–Trinajstić information content (AvgIpc) is 2.63. The van der Waals surface area contributed by atoms with Crippen LogP contribution in [0, 0.1) is 0 Å². The van der Waals surface area contributed by atoms with E-state index in [0.29, 0.717) is 6.54 Å². The van der Waals surface area contributed by atoms with Crippen LogP contribution in [0.1, 0.15) is 26.1 Å². The number of nitrogens with one attached hydrogen (secondary N) is 2. The zero-order chi connectivity index (χ0) is 11.1. The molecule has 0 bridgehead atoms. The molecule has 1 amide bonds. The Morgan fingerprint density at radius 2 is 2.40 bits per heavy atom. The van der Waals surface area contributed by atoms with Crippen molar-refractivity contribution in [2.24, 2.45) is 0 Å². The molecule has 0 saturated carbocycles. The van der Waals surface area contributed by atoms with Crippen molar-refractivity contribution in [2.75, 3.05) is 6.54 Å². The second kappa shape index (κ2) is 6.01. The lowest BCUT2D eigenvalue weighted by Crippen LogP contribution is -2.22. The first-order valence-corrected chi connectivity index (χ1v) is 5.09. The van der Waals surface area contributed by atoms with Gasteiger partial charge in [0.15, 0.2) is 0 Å². The van der Waals surface area contributed by atoms with Gasteiger partial charge in [-0.2, -0.15) is 0 Å². The number of amides is 1. The Kier molecular flexibility index (Phi) is 4.60. The van der Waals surface area contributed by atoms with Gasteiger partial charge < -0.3 is 10.3 Å². The Hall–Kier alpha value is -1.58. The summed E-state index contributed by atoms with van der Waals surface area (Å²) < 4.78 is 0. The first-order valence-electron chi connectivity index (χ1n) is 5.09. The van der Waals surface area contributed by atoms with Gasteiger partial charge in [-0.05, 0) is 20.3 Å². The molecule has 1 aromatic rings. The summed E-state index contributed by atoms with van der Waals surface area (Å²) in [5.74, 6) is 0.945. The third-order valence-corrected chi connectivity index (χ3v) is 1.86. The number of carbonyl (C=O) groups is 1. The van der Waals surface area contributed by atoms with Crippen LogP contribution in [-0.4, -0.2) is 22.4 Å². The van der Waals surface area contributed by atoms with Crippen molar-refractivity contribution in [2.45, 2.75) is 26.7 Å². The van der Waals surface area contributed by atoms with Gasteiger partial charge >= 0.3 is 0 Å². The highest BCUT2D eigenvalue weighted by Gasteiger charge is 1.97. The molecule has 0 radical (unpaired) electrons. The summed E-state index contributed by atoms with van der Waals surface area (Å²) in [6.07, 6.45) is 6.90. The highest BCUT2D eigenvalue weighted by atomic mass is 16.1. The van der Waals surface area contributed by atoms with Crippen molar-refractivity contribution in [3.05, 3.63) is 29.9 Å². The molecule has 2 N–H and O–H groups in total. The molecule has 0 fully saturated rings. The highest BCUT2D eigenvalue weighted by Crippen LogP contribution is 1.93. The van der Waals surface area contributed by atoms with Gasteiger partial charge in [-0.1, -0.05) is 5.57 Å². The largest absolute Gasteiger partial charge is 0.353 e. The van der Waals surface area contributed by atoms with Gasteiger partial charge in [0.2, 0.25) is 5.91 Å². The fourth-order valence-electron chi connectivity index (χ4n) is 1.22. The van der Waals surface area contributed by atoms with Crippen LogP contribution >= 0.6 is 0 Å². The molecule has 0 aliphatic heterocycles. The van der Waals surface area contributed by atoms with E-state index in [0.717, 1.165) is 24.2 Å². The summed E-state index contributed by atoms with van der Waals surface area (Å²) in [5, 5.41) is 2.82. The number of aryl methyl sites for hydroxylation is 1. The first-order chi connectivity index (χ1) is 7.18. The maximum atomic E-state index is 11.2. The minimum absolute atomic E-state index is 0.0190. The Bertz CT molecular complexity index is 324. The van der Waals surface area contributed by atoms with Crippen LogP contribution in [0.15, 0.2) is 24.0 Å². The van der Waals surface area contributed by atoms with E-state index in [1.807, 2.05) is 13.8 Å². The standard InChI is InChI=1S/C11H17N3O/c1-9(2)8-11(15)14-5-3-4-10-12-6-7-13-10/h6-8H,3-5H2,1-2H3,(H,12,13)(H,14,15). The number of hydrogen-bond acceptors (Lipinski definition) is 2. The molecule has 0 atom stereocenters. The van der Waals surface area contributed by atoms with Crippen LogP contribution < -0.4 is 5.32 Å². The third-order valence-electron chi connectivity index (χ3n) is 1.86. The molecule has 82 valence electrons. The predicted molar refractivity (Wildman–Crippen MR) is 59.3 cm³/mol. The van der Waals surface area contributed by atoms with Gasteiger partial charge in [0, 0.05) is 31.4 Å². The molecule has 15 heavy (non-hydrogen) atoms. The molecule has 4 heteroatoms. The van der Waals surface area contributed by atoms with Crippen LogP contribution in [0.5, 0.6) is 0 Å². The van der Waals surface area contributed by atoms with Gasteiger partial charge in [0.25, 0.3) is 0 Å². The van der Waals surface area contributed by atoms with E-state index in [2.05, 4.69) is 15.3 Å². The van der Waals surface area contributed by atoms with Crippen molar-refractivity contribution < 1.29 is 4.79 Å². The van der Waals surface area contributed by atoms with E-state index >= 15 is 0 Å². The fraction of sp³-hybridized carbons (Fsp3) is 0.455.